The van der Waals surface area contributed by atoms with Gasteiger partial charge < -0.3 is 5.32 Å². The fourth-order valence-electron chi connectivity index (χ4n) is 1.36. The molecule has 0 saturated heterocycles. The van der Waals surface area contributed by atoms with E-state index in [1.165, 1.54) is 6.08 Å². The number of nitrogens with zero attached hydrogens (tertiary/aromatic N) is 3. The van der Waals surface area contributed by atoms with Crippen molar-refractivity contribution in [3.63, 3.8) is 0 Å². The van der Waals surface area contributed by atoms with Crippen LogP contribution in [-0.4, -0.2) is 20.7 Å². The van der Waals surface area contributed by atoms with Gasteiger partial charge in [-0.05, 0) is 25.1 Å². The normalized spacial score (nSPS) is 10.6. The second-order valence-electron chi connectivity index (χ2n) is 3.37. The number of carbonyl (C=O) groups is 1. The predicted molar refractivity (Wildman–Crippen MR) is 64.8 cm³/mol. The van der Waals surface area contributed by atoms with Crippen LogP contribution in [0.25, 0.3) is 5.69 Å². The molecule has 2 rings (SSSR count). The Morgan fingerprint density at radius 2 is 2.18 bits per heavy atom. The summed E-state index contributed by atoms with van der Waals surface area (Å²) in [6, 6.07) is 3.68. The molecule has 0 unspecified atom stereocenters. The third-order valence-electron chi connectivity index (χ3n) is 2.10. The van der Waals surface area contributed by atoms with Crippen LogP contribution in [0.3, 0.4) is 0 Å². The Hall–Kier alpha value is -2.43. The van der Waals surface area contributed by atoms with E-state index in [1.54, 1.807) is 42.5 Å². The molecule has 1 amide bonds. The van der Waals surface area contributed by atoms with Gasteiger partial charge in [-0.2, -0.15) is 5.10 Å². The summed E-state index contributed by atoms with van der Waals surface area (Å²) in [5.74, 6) is -0.165. The number of amides is 1. The van der Waals surface area contributed by atoms with Crippen LogP contribution in [0.15, 0.2) is 49.1 Å². The maximum absolute atomic E-state index is 11.3. The largest absolute Gasteiger partial charge is 0.320 e. The minimum atomic E-state index is -0.165. The molecule has 5 nitrogen and oxygen atoms in total. The topological polar surface area (TPSA) is 59.8 Å². The van der Waals surface area contributed by atoms with Crippen molar-refractivity contribution in [3.05, 3.63) is 49.1 Å². The van der Waals surface area contributed by atoms with Crippen molar-refractivity contribution in [1.82, 2.24) is 14.8 Å². The van der Waals surface area contributed by atoms with Gasteiger partial charge in [0.05, 0.1) is 23.8 Å². The van der Waals surface area contributed by atoms with E-state index in [2.05, 4.69) is 15.4 Å². The molecule has 0 bridgehead atoms. The van der Waals surface area contributed by atoms with Crippen LogP contribution in [0, 0.1) is 0 Å². The molecule has 2 heterocycles. The Bertz CT molecular complexity index is 530. The summed E-state index contributed by atoms with van der Waals surface area (Å²) in [5, 5.41) is 6.86. The Balaban J connectivity index is 2.14. The van der Waals surface area contributed by atoms with E-state index in [9.17, 15) is 4.79 Å². The summed E-state index contributed by atoms with van der Waals surface area (Å²) in [6.45, 7) is 1.79. The molecular formula is C12H12N4O. The van der Waals surface area contributed by atoms with Crippen molar-refractivity contribution in [2.75, 3.05) is 5.32 Å². The van der Waals surface area contributed by atoms with Gasteiger partial charge in [0.25, 0.3) is 0 Å². The summed E-state index contributed by atoms with van der Waals surface area (Å²) >= 11 is 0. The lowest BCUT2D eigenvalue weighted by molar-refractivity contribution is -0.111. The average molecular weight is 228 g/mol. The molecule has 0 spiro atoms. The van der Waals surface area contributed by atoms with Crippen LogP contribution in [0.4, 0.5) is 5.69 Å². The molecule has 0 aromatic carbocycles. The highest BCUT2D eigenvalue weighted by Crippen LogP contribution is 2.10. The Kier molecular flexibility index (Phi) is 3.30. The van der Waals surface area contributed by atoms with Crippen molar-refractivity contribution in [1.29, 1.82) is 0 Å². The molecule has 17 heavy (non-hydrogen) atoms. The lowest BCUT2D eigenvalue weighted by Gasteiger charge is -1.99. The summed E-state index contributed by atoms with van der Waals surface area (Å²) in [6.07, 6.45) is 9.87. The molecule has 0 saturated carbocycles. The van der Waals surface area contributed by atoms with Gasteiger partial charge >= 0.3 is 0 Å². The van der Waals surface area contributed by atoms with E-state index < -0.39 is 0 Å². The molecule has 0 aliphatic rings. The maximum atomic E-state index is 11.3. The molecular weight excluding hydrogens is 216 g/mol. The van der Waals surface area contributed by atoms with Crippen LogP contribution < -0.4 is 5.32 Å². The Labute approximate surface area is 98.8 Å². The van der Waals surface area contributed by atoms with Gasteiger partial charge in [-0.15, -0.1) is 0 Å². The summed E-state index contributed by atoms with van der Waals surface area (Å²) in [4.78, 5) is 15.2. The quantitative estimate of drug-likeness (QED) is 0.814. The van der Waals surface area contributed by atoms with Gasteiger partial charge in [0.15, 0.2) is 0 Å². The monoisotopic (exact) mass is 228 g/mol. The number of hydrogen-bond acceptors (Lipinski definition) is 3. The number of rotatable bonds is 3. The van der Waals surface area contributed by atoms with Crippen LogP contribution in [0.1, 0.15) is 6.92 Å². The van der Waals surface area contributed by atoms with E-state index >= 15 is 0 Å². The van der Waals surface area contributed by atoms with Crippen molar-refractivity contribution in [3.8, 4) is 5.69 Å². The fraction of sp³-hybridized carbons (Fsp3) is 0.0833. The summed E-state index contributed by atoms with van der Waals surface area (Å²) in [5.41, 5.74) is 1.55. The molecule has 0 fully saturated rings. The van der Waals surface area contributed by atoms with Crippen LogP contribution >= 0.6 is 0 Å². The van der Waals surface area contributed by atoms with Gasteiger partial charge in [-0.1, -0.05) is 6.08 Å². The number of allylic oxidation sites excluding steroid dienone is 1. The number of aromatic nitrogens is 3. The second kappa shape index (κ2) is 5.07. The van der Waals surface area contributed by atoms with E-state index in [4.69, 9.17) is 0 Å². The van der Waals surface area contributed by atoms with Crippen molar-refractivity contribution in [2.45, 2.75) is 6.92 Å². The molecule has 0 aliphatic carbocycles. The lowest BCUT2D eigenvalue weighted by atomic mass is 10.4. The Morgan fingerprint density at radius 1 is 1.41 bits per heavy atom. The Morgan fingerprint density at radius 3 is 2.88 bits per heavy atom. The third-order valence-corrected chi connectivity index (χ3v) is 2.10. The third kappa shape index (κ3) is 2.78. The molecule has 2 aromatic heterocycles. The smallest absolute Gasteiger partial charge is 0.248 e. The van der Waals surface area contributed by atoms with Gasteiger partial charge in [0, 0.05) is 12.4 Å². The van der Waals surface area contributed by atoms with Crippen molar-refractivity contribution < 1.29 is 4.79 Å². The standard InChI is InChI=1S/C12H12N4O/c1-2-3-12(17)15-10-8-14-16(9-10)11-4-6-13-7-5-11/h2-9H,1H3,(H,15,17)/b3-2+. The van der Waals surface area contributed by atoms with E-state index in [0.29, 0.717) is 5.69 Å². The fourth-order valence-corrected chi connectivity index (χ4v) is 1.36. The first-order chi connectivity index (χ1) is 8.29. The molecule has 0 radical (unpaired) electrons. The highest BCUT2D eigenvalue weighted by molar-refractivity contribution is 5.99. The minimum absolute atomic E-state index is 0.165. The lowest BCUT2D eigenvalue weighted by Crippen LogP contribution is -2.06. The molecule has 2 aromatic rings. The SMILES string of the molecule is C/C=C/C(=O)Nc1cnn(-c2ccncc2)c1. The summed E-state index contributed by atoms with van der Waals surface area (Å²) in [7, 11) is 0. The van der Waals surface area contributed by atoms with E-state index in [0.717, 1.165) is 5.69 Å². The van der Waals surface area contributed by atoms with Crippen molar-refractivity contribution >= 4 is 11.6 Å². The van der Waals surface area contributed by atoms with Gasteiger partial charge in [0.1, 0.15) is 0 Å². The maximum Gasteiger partial charge on any atom is 0.248 e. The first-order valence-corrected chi connectivity index (χ1v) is 5.18. The van der Waals surface area contributed by atoms with E-state index in [-0.39, 0.29) is 5.91 Å². The van der Waals surface area contributed by atoms with Crippen LogP contribution in [0.5, 0.6) is 0 Å². The zero-order valence-electron chi connectivity index (χ0n) is 9.37. The van der Waals surface area contributed by atoms with Gasteiger partial charge in [-0.25, -0.2) is 4.68 Å². The highest BCUT2D eigenvalue weighted by Gasteiger charge is 2.02. The average Bonchev–Trinajstić information content (AvgIpc) is 2.79. The number of carbonyl (C=O) groups excluding carboxylic acids is 1. The van der Waals surface area contributed by atoms with Gasteiger partial charge in [0.2, 0.25) is 5.91 Å². The molecule has 0 aliphatic heterocycles. The number of anilines is 1. The first kappa shape index (κ1) is 11.1. The number of nitrogens with one attached hydrogen (secondary N) is 1. The molecule has 1 N–H and O–H groups in total. The van der Waals surface area contributed by atoms with Crippen molar-refractivity contribution in [2.24, 2.45) is 0 Å². The number of pyridine rings is 1. The van der Waals surface area contributed by atoms with Crippen LogP contribution in [-0.2, 0) is 4.79 Å². The van der Waals surface area contributed by atoms with Crippen LogP contribution in [0.2, 0.25) is 0 Å². The van der Waals surface area contributed by atoms with E-state index in [1.807, 2.05) is 12.1 Å². The molecule has 5 heteroatoms. The molecule has 86 valence electrons. The molecule has 0 atom stereocenters. The summed E-state index contributed by atoms with van der Waals surface area (Å²) < 4.78 is 1.67. The minimum Gasteiger partial charge on any atom is -0.320 e. The zero-order chi connectivity index (χ0) is 12.1. The second-order valence-corrected chi connectivity index (χ2v) is 3.37. The highest BCUT2D eigenvalue weighted by atomic mass is 16.1. The first-order valence-electron chi connectivity index (χ1n) is 5.18. The predicted octanol–water partition coefficient (Wildman–Crippen LogP) is 1.78. The number of hydrogen-bond donors (Lipinski definition) is 1. The van der Waals surface area contributed by atoms with Gasteiger partial charge in [-0.3, -0.25) is 9.78 Å². The zero-order valence-corrected chi connectivity index (χ0v) is 9.37.